The van der Waals surface area contributed by atoms with Crippen molar-refractivity contribution in [1.82, 2.24) is 0 Å². The SMILES string of the molecule is CC(=O)c1ccc(NC(=O)COC(=O)COc2ccc3ccccc3c2)cc1. The minimum absolute atomic E-state index is 0.0572. The number of rotatable bonds is 7. The summed E-state index contributed by atoms with van der Waals surface area (Å²) in [5.41, 5.74) is 1.06. The fraction of sp³-hybridized carbons (Fsp3) is 0.136. The highest BCUT2D eigenvalue weighted by molar-refractivity contribution is 5.96. The Labute approximate surface area is 162 Å². The van der Waals surface area contributed by atoms with Crippen molar-refractivity contribution in [2.24, 2.45) is 0 Å². The van der Waals surface area contributed by atoms with E-state index >= 15 is 0 Å². The van der Waals surface area contributed by atoms with E-state index in [1.54, 1.807) is 30.3 Å². The van der Waals surface area contributed by atoms with Crippen LogP contribution in [0.4, 0.5) is 5.69 Å². The van der Waals surface area contributed by atoms with Crippen LogP contribution in [0.15, 0.2) is 66.7 Å². The molecule has 0 saturated heterocycles. The maximum absolute atomic E-state index is 11.9. The van der Waals surface area contributed by atoms with E-state index in [0.29, 0.717) is 17.0 Å². The number of benzene rings is 3. The van der Waals surface area contributed by atoms with Gasteiger partial charge in [-0.05, 0) is 54.1 Å². The molecular formula is C22H19NO5. The lowest BCUT2D eigenvalue weighted by Gasteiger charge is -2.09. The number of carbonyl (C=O) groups excluding carboxylic acids is 3. The fourth-order valence-corrected chi connectivity index (χ4v) is 2.57. The summed E-state index contributed by atoms with van der Waals surface area (Å²) in [6.07, 6.45) is 0. The van der Waals surface area contributed by atoms with Gasteiger partial charge in [-0.15, -0.1) is 0 Å². The monoisotopic (exact) mass is 377 g/mol. The summed E-state index contributed by atoms with van der Waals surface area (Å²) in [5, 5.41) is 4.67. The average molecular weight is 377 g/mol. The van der Waals surface area contributed by atoms with Crippen LogP contribution in [0.25, 0.3) is 10.8 Å². The summed E-state index contributed by atoms with van der Waals surface area (Å²) in [6.45, 7) is 0.750. The van der Waals surface area contributed by atoms with Crippen LogP contribution in [0.1, 0.15) is 17.3 Å². The number of amides is 1. The van der Waals surface area contributed by atoms with Crippen LogP contribution in [0, 0.1) is 0 Å². The molecule has 6 heteroatoms. The molecule has 0 spiro atoms. The van der Waals surface area contributed by atoms with Gasteiger partial charge >= 0.3 is 5.97 Å². The van der Waals surface area contributed by atoms with Gasteiger partial charge in [0.05, 0.1) is 0 Å². The first kappa shape index (κ1) is 19.1. The lowest BCUT2D eigenvalue weighted by Crippen LogP contribution is -2.23. The van der Waals surface area contributed by atoms with Gasteiger partial charge in [-0.2, -0.15) is 0 Å². The Morgan fingerprint density at radius 1 is 0.857 bits per heavy atom. The number of esters is 1. The maximum Gasteiger partial charge on any atom is 0.344 e. The van der Waals surface area contributed by atoms with E-state index in [1.165, 1.54) is 6.92 Å². The van der Waals surface area contributed by atoms with Gasteiger partial charge in [-0.1, -0.05) is 30.3 Å². The Bertz CT molecular complexity index is 1010. The third-order valence-electron chi connectivity index (χ3n) is 4.02. The smallest absolute Gasteiger partial charge is 0.344 e. The standard InChI is InChI=1S/C22H19NO5/c1-15(24)16-6-9-19(10-7-16)23-21(25)13-28-22(26)14-27-20-11-8-17-4-2-3-5-18(17)12-20/h2-12H,13-14H2,1H3,(H,23,25). The molecule has 0 aliphatic carbocycles. The molecule has 0 unspecified atom stereocenters. The molecule has 0 atom stereocenters. The molecular weight excluding hydrogens is 358 g/mol. The van der Waals surface area contributed by atoms with Crippen molar-refractivity contribution >= 4 is 34.1 Å². The molecule has 0 saturated carbocycles. The zero-order chi connectivity index (χ0) is 19.9. The highest BCUT2D eigenvalue weighted by Crippen LogP contribution is 2.20. The topological polar surface area (TPSA) is 81.7 Å². The highest BCUT2D eigenvalue weighted by Gasteiger charge is 2.09. The second kappa shape index (κ2) is 8.81. The molecule has 3 aromatic rings. The summed E-state index contributed by atoms with van der Waals surface area (Å²) in [7, 11) is 0. The molecule has 0 heterocycles. The van der Waals surface area contributed by atoms with E-state index in [9.17, 15) is 14.4 Å². The van der Waals surface area contributed by atoms with Gasteiger partial charge in [0.15, 0.2) is 19.0 Å². The van der Waals surface area contributed by atoms with Gasteiger partial charge < -0.3 is 14.8 Å². The quantitative estimate of drug-likeness (QED) is 0.502. The van der Waals surface area contributed by atoms with Gasteiger partial charge in [0.25, 0.3) is 5.91 Å². The van der Waals surface area contributed by atoms with Crippen LogP contribution in [-0.4, -0.2) is 30.9 Å². The largest absolute Gasteiger partial charge is 0.482 e. The Kier molecular flexibility index (Phi) is 6.01. The normalized spacial score (nSPS) is 10.3. The Balaban J connectivity index is 1.44. The van der Waals surface area contributed by atoms with Crippen molar-refractivity contribution in [2.75, 3.05) is 18.5 Å². The van der Waals surface area contributed by atoms with Gasteiger partial charge in [0.2, 0.25) is 0 Å². The fourth-order valence-electron chi connectivity index (χ4n) is 2.57. The molecule has 0 radical (unpaired) electrons. The van der Waals surface area contributed by atoms with Gasteiger partial charge in [0, 0.05) is 11.3 Å². The first-order chi connectivity index (χ1) is 13.5. The molecule has 28 heavy (non-hydrogen) atoms. The van der Waals surface area contributed by atoms with Crippen molar-refractivity contribution in [1.29, 1.82) is 0 Å². The first-order valence-corrected chi connectivity index (χ1v) is 8.69. The molecule has 3 rings (SSSR count). The van der Waals surface area contributed by atoms with E-state index in [2.05, 4.69) is 5.32 Å². The number of nitrogens with one attached hydrogen (secondary N) is 1. The molecule has 1 N–H and O–H groups in total. The molecule has 0 aliphatic heterocycles. The van der Waals surface area contributed by atoms with Gasteiger partial charge in [-0.25, -0.2) is 4.79 Å². The van der Waals surface area contributed by atoms with Crippen molar-refractivity contribution in [3.05, 3.63) is 72.3 Å². The zero-order valence-corrected chi connectivity index (χ0v) is 15.3. The van der Waals surface area contributed by atoms with E-state index in [0.717, 1.165) is 10.8 Å². The molecule has 0 fully saturated rings. The number of carbonyl (C=O) groups is 3. The van der Waals surface area contributed by atoms with Crippen molar-refractivity contribution in [2.45, 2.75) is 6.92 Å². The third-order valence-corrected chi connectivity index (χ3v) is 4.02. The number of hydrogen-bond donors (Lipinski definition) is 1. The predicted molar refractivity (Wildman–Crippen MR) is 105 cm³/mol. The molecule has 142 valence electrons. The second-order valence-electron chi connectivity index (χ2n) is 6.14. The number of anilines is 1. The number of ether oxygens (including phenoxy) is 2. The van der Waals surface area contributed by atoms with Crippen molar-refractivity contribution in [3.8, 4) is 5.75 Å². The summed E-state index contributed by atoms with van der Waals surface area (Å²) in [5.74, 6) is -0.631. The lowest BCUT2D eigenvalue weighted by molar-refractivity contribution is -0.149. The van der Waals surface area contributed by atoms with Crippen LogP contribution in [0.3, 0.4) is 0 Å². The van der Waals surface area contributed by atoms with Crippen LogP contribution in [0.5, 0.6) is 5.75 Å². The number of ketones is 1. The first-order valence-electron chi connectivity index (χ1n) is 8.69. The van der Waals surface area contributed by atoms with Gasteiger partial charge in [-0.3, -0.25) is 9.59 Å². The molecule has 6 nitrogen and oxygen atoms in total. The minimum atomic E-state index is -0.643. The van der Waals surface area contributed by atoms with Crippen LogP contribution in [0.2, 0.25) is 0 Å². The molecule has 3 aromatic carbocycles. The maximum atomic E-state index is 11.9. The van der Waals surface area contributed by atoms with Crippen LogP contribution >= 0.6 is 0 Å². The summed E-state index contributed by atoms with van der Waals surface area (Å²) >= 11 is 0. The van der Waals surface area contributed by atoms with Crippen molar-refractivity contribution < 1.29 is 23.9 Å². The Morgan fingerprint density at radius 3 is 2.29 bits per heavy atom. The molecule has 0 bridgehead atoms. The molecule has 0 aromatic heterocycles. The summed E-state index contributed by atoms with van der Waals surface area (Å²) in [6, 6.07) is 19.8. The Morgan fingerprint density at radius 2 is 1.57 bits per heavy atom. The number of fused-ring (bicyclic) bond motifs is 1. The second-order valence-corrected chi connectivity index (χ2v) is 6.14. The van der Waals surface area contributed by atoms with Gasteiger partial charge in [0.1, 0.15) is 5.75 Å². The number of Topliss-reactive ketones (excluding diaryl/α,β-unsaturated/α-hetero) is 1. The molecule has 1 amide bonds. The van der Waals surface area contributed by atoms with E-state index < -0.39 is 18.5 Å². The lowest BCUT2D eigenvalue weighted by atomic mass is 10.1. The number of hydrogen-bond acceptors (Lipinski definition) is 5. The third kappa shape index (κ3) is 5.17. The van der Waals surface area contributed by atoms with Crippen LogP contribution < -0.4 is 10.1 Å². The van der Waals surface area contributed by atoms with E-state index in [1.807, 2.05) is 36.4 Å². The minimum Gasteiger partial charge on any atom is -0.482 e. The summed E-state index contributed by atoms with van der Waals surface area (Å²) < 4.78 is 10.3. The zero-order valence-electron chi connectivity index (χ0n) is 15.3. The predicted octanol–water partition coefficient (Wildman–Crippen LogP) is 3.60. The van der Waals surface area contributed by atoms with Crippen molar-refractivity contribution in [3.63, 3.8) is 0 Å². The average Bonchev–Trinajstić information content (AvgIpc) is 2.71. The highest BCUT2D eigenvalue weighted by atomic mass is 16.6. The van der Waals surface area contributed by atoms with E-state index in [-0.39, 0.29) is 12.4 Å². The Hall–Kier alpha value is -3.67. The molecule has 0 aliphatic rings. The van der Waals surface area contributed by atoms with E-state index in [4.69, 9.17) is 9.47 Å². The van der Waals surface area contributed by atoms with Crippen LogP contribution in [-0.2, 0) is 14.3 Å². The summed E-state index contributed by atoms with van der Waals surface area (Å²) in [4.78, 5) is 34.9.